The summed E-state index contributed by atoms with van der Waals surface area (Å²) in [6.07, 6.45) is 0.473. The van der Waals surface area contributed by atoms with Gasteiger partial charge in [0.1, 0.15) is 5.75 Å². The highest BCUT2D eigenvalue weighted by Crippen LogP contribution is 2.25. The van der Waals surface area contributed by atoms with E-state index in [-0.39, 0.29) is 5.78 Å². The van der Waals surface area contributed by atoms with E-state index < -0.39 is 0 Å². The molecule has 0 heterocycles. The Hall–Kier alpha value is -1.06. The second-order valence-corrected chi connectivity index (χ2v) is 3.53. The molecular weight excluding hydrogens is 214 g/mol. The monoisotopic (exact) mass is 227 g/mol. The highest BCUT2D eigenvalue weighted by Gasteiger charge is 2.08. The van der Waals surface area contributed by atoms with Crippen molar-refractivity contribution in [3.8, 4) is 5.75 Å². The molecule has 1 rings (SSSR count). The Morgan fingerprint density at radius 2 is 2.27 bits per heavy atom. The van der Waals surface area contributed by atoms with Crippen LogP contribution in [0.2, 0.25) is 5.02 Å². The molecule has 0 saturated carbocycles. The van der Waals surface area contributed by atoms with Crippen LogP contribution in [0.25, 0.3) is 0 Å². The second kappa shape index (κ2) is 5.73. The van der Waals surface area contributed by atoms with E-state index in [0.29, 0.717) is 29.3 Å². The topological polar surface area (TPSA) is 38.3 Å². The fourth-order valence-corrected chi connectivity index (χ4v) is 1.41. The number of benzene rings is 1. The van der Waals surface area contributed by atoms with Gasteiger partial charge in [0, 0.05) is 18.5 Å². The van der Waals surface area contributed by atoms with Gasteiger partial charge < -0.3 is 10.1 Å². The molecule has 3 nitrogen and oxygen atoms in total. The zero-order valence-corrected chi connectivity index (χ0v) is 9.60. The number of ketones is 1. The molecule has 0 fully saturated rings. The van der Waals surface area contributed by atoms with Gasteiger partial charge in [-0.25, -0.2) is 0 Å². The lowest BCUT2D eigenvalue weighted by Gasteiger charge is -2.05. The number of nitrogens with one attached hydrogen (secondary N) is 1. The molecule has 0 bridgehead atoms. The first-order valence-corrected chi connectivity index (χ1v) is 5.08. The smallest absolute Gasteiger partial charge is 0.164 e. The maximum absolute atomic E-state index is 11.6. The fourth-order valence-electron chi connectivity index (χ4n) is 1.22. The van der Waals surface area contributed by atoms with Crippen molar-refractivity contribution in [2.75, 3.05) is 20.7 Å². The first kappa shape index (κ1) is 12.0. The maximum atomic E-state index is 11.6. The third kappa shape index (κ3) is 3.22. The van der Waals surface area contributed by atoms with Crippen LogP contribution < -0.4 is 10.1 Å². The van der Waals surface area contributed by atoms with Crippen LogP contribution in [0, 0.1) is 0 Å². The van der Waals surface area contributed by atoms with Gasteiger partial charge in [-0.05, 0) is 25.2 Å². The predicted molar refractivity (Wildman–Crippen MR) is 60.9 cm³/mol. The highest BCUT2D eigenvalue weighted by atomic mass is 35.5. The van der Waals surface area contributed by atoms with Crippen LogP contribution in [0.5, 0.6) is 5.75 Å². The summed E-state index contributed by atoms with van der Waals surface area (Å²) in [5, 5.41) is 3.45. The average molecular weight is 228 g/mol. The standard InChI is InChI=1S/C11H14ClNO2/c1-13-6-5-10(14)8-3-4-9(12)11(7-8)15-2/h3-4,7,13H,5-6H2,1-2H3. The lowest BCUT2D eigenvalue weighted by Crippen LogP contribution is -2.13. The van der Waals surface area contributed by atoms with Crippen molar-refractivity contribution < 1.29 is 9.53 Å². The Bertz CT molecular complexity index is 352. The minimum absolute atomic E-state index is 0.0827. The molecule has 0 amide bonds. The number of hydrogen-bond donors (Lipinski definition) is 1. The third-order valence-corrected chi connectivity index (χ3v) is 2.39. The first-order valence-electron chi connectivity index (χ1n) is 4.70. The van der Waals surface area contributed by atoms with Crippen LogP contribution >= 0.6 is 11.6 Å². The van der Waals surface area contributed by atoms with E-state index in [0.717, 1.165) is 0 Å². The van der Waals surface area contributed by atoms with Crippen LogP contribution in [0.15, 0.2) is 18.2 Å². The minimum Gasteiger partial charge on any atom is -0.495 e. The molecule has 0 aliphatic carbocycles. The number of carbonyl (C=O) groups is 1. The Kier molecular flexibility index (Phi) is 4.59. The lowest BCUT2D eigenvalue weighted by atomic mass is 10.1. The van der Waals surface area contributed by atoms with Crippen molar-refractivity contribution in [2.45, 2.75) is 6.42 Å². The molecule has 82 valence electrons. The van der Waals surface area contributed by atoms with E-state index in [1.54, 1.807) is 18.2 Å². The molecule has 0 unspecified atom stereocenters. The molecular formula is C11H14ClNO2. The number of rotatable bonds is 5. The molecule has 1 aromatic rings. The number of hydrogen-bond acceptors (Lipinski definition) is 3. The third-order valence-electron chi connectivity index (χ3n) is 2.08. The molecule has 1 aromatic carbocycles. The zero-order valence-electron chi connectivity index (χ0n) is 8.84. The molecule has 4 heteroatoms. The summed E-state index contributed by atoms with van der Waals surface area (Å²) in [6, 6.07) is 5.05. The van der Waals surface area contributed by atoms with Crippen LogP contribution in [-0.2, 0) is 0 Å². The highest BCUT2D eigenvalue weighted by molar-refractivity contribution is 6.32. The zero-order chi connectivity index (χ0) is 11.3. The van der Waals surface area contributed by atoms with Crippen LogP contribution in [0.1, 0.15) is 16.8 Å². The first-order chi connectivity index (χ1) is 7.19. The van der Waals surface area contributed by atoms with Gasteiger partial charge in [0.25, 0.3) is 0 Å². The number of ether oxygens (including phenoxy) is 1. The number of Topliss-reactive ketones (excluding diaryl/α,β-unsaturated/α-hetero) is 1. The lowest BCUT2D eigenvalue weighted by molar-refractivity contribution is 0.0983. The summed E-state index contributed by atoms with van der Waals surface area (Å²) >= 11 is 5.86. The van der Waals surface area contributed by atoms with E-state index in [1.807, 2.05) is 7.05 Å². The summed E-state index contributed by atoms with van der Waals surface area (Å²) in [5.41, 5.74) is 0.631. The Balaban J connectivity index is 2.81. The van der Waals surface area contributed by atoms with E-state index in [4.69, 9.17) is 16.3 Å². The van der Waals surface area contributed by atoms with Gasteiger partial charge in [-0.2, -0.15) is 0 Å². The fraction of sp³-hybridized carbons (Fsp3) is 0.364. The summed E-state index contributed by atoms with van der Waals surface area (Å²) in [6.45, 7) is 0.670. The van der Waals surface area contributed by atoms with Gasteiger partial charge in [-0.15, -0.1) is 0 Å². The van der Waals surface area contributed by atoms with E-state index in [2.05, 4.69) is 5.32 Å². The van der Waals surface area contributed by atoms with Crippen molar-refractivity contribution >= 4 is 17.4 Å². The molecule has 15 heavy (non-hydrogen) atoms. The van der Waals surface area contributed by atoms with Crippen molar-refractivity contribution in [3.05, 3.63) is 28.8 Å². The van der Waals surface area contributed by atoms with E-state index in [1.165, 1.54) is 7.11 Å². The molecule has 0 radical (unpaired) electrons. The van der Waals surface area contributed by atoms with Crippen LogP contribution in [0.3, 0.4) is 0 Å². The van der Waals surface area contributed by atoms with E-state index in [9.17, 15) is 4.79 Å². The number of methoxy groups -OCH3 is 1. The Morgan fingerprint density at radius 3 is 2.87 bits per heavy atom. The normalized spacial score (nSPS) is 10.1. The predicted octanol–water partition coefficient (Wildman–Crippen LogP) is 2.14. The largest absolute Gasteiger partial charge is 0.495 e. The molecule has 0 spiro atoms. The summed E-state index contributed by atoms with van der Waals surface area (Å²) in [7, 11) is 3.35. The van der Waals surface area contributed by atoms with Crippen LogP contribution in [0.4, 0.5) is 0 Å². The van der Waals surface area contributed by atoms with Gasteiger partial charge in [0.2, 0.25) is 0 Å². The average Bonchev–Trinajstić information content (AvgIpc) is 2.26. The Morgan fingerprint density at radius 1 is 1.53 bits per heavy atom. The maximum Gasteiger partial charge on any atom is 0.164 e. The van der Waals surface area contributed by atoms with Gasteiger partial charge >= 0.3 is 0 Å². The summed E-state index contributed by atoms with van der Waals surface area (Å²) in [4.78, 5) is 11.6. The second-order valence-electron chi connectivity index (χ2n) is 3.13. The molecule has 0 atom stereocenters. The SMILES string of the molecule is CNCCC(=O)c1ccc(Cl)c(OC)c1. The van der Waals surface area contributed by atoms with Crippen LogP contribution in [-0.4, -0.2) is 26.5 Å². The number of halogens is 1. The van der Waals surface area contributed by atoms with Gasteiger partial charge in [-0.1, -0.05) is 11.6 Å². The minimum atomic E-state index is 0.0827. The Labute approximate surface area is 94.4 Å². The van der Waals surface area contributed by atoms with E-state index >= 15 is 0 Å². The van der Waals surface area contributed by atoms with Gasteiger partial charge in [-0.3, -0.25) is 4.79 Å². The van der Waals surface area contributed by atoms with Crippen molar-refractivity contribution in [1.82, 2.24) is 5.32 Å². The molecule has 0 saturated heterocycles. The van der Waals surface area contributed by atoms with Crippen molar-refractivity contribution in [1.29, 1.82) is 0 Å². The summed E-state index contributed by atoms with van der Waals surface area (Å²) in [5.74, 6) is 0.617. The quantitative estimate of drug-likeness (QED) is 0.784. The van der Waals surface area contributed by atoms with Gasteiger partial charge in [0.05, 0.1) is 12.1 Å². The molecule has 1 N–H and O–H groups in total. The molecule has 0 aliphatic heterocycles. The van der Waals surface area contributed by atoms with Crippen molar-refractivity contribution in [2.24, 2.45) is 0 Å². The molecule has 0 aromatic heterocycles. The van der Waals surface area contributed by atoms with Crippen molar-refractivity contribution in [3.63, 3.8) is 0 Å². The van der Waals surface area contributed by atoms with Gasteiger partial charge in [0.15, 0.2) is 5.78 Å². The number of carbonyl (C=O) groups excluding carboxylic acids is 1. The molecule has 0 aliphatic rings. The summed E-state index contributed by atoms with van der Waals surface area (Å²) < 4.78 is 5.04.